The highest BCUT2D eigenvalue weighted by atomic mass is 16.2. The van der Waals surface area contributed by atoms with E-state index < -0.39 is 0 Å². The molecule has 4 aromatic rings. The summed E-state index contributed by atoms with van der Waals surface area (Å²) in [7, 11) is 0. The number of rotatable bonds is 3. The Bertz CT molecular complexity index is 1050. The normalized spacial score (nSPS) is 11.0. The summed E-state index contributed by atoms with van der Waals surface area (Å²) in [5, 5.41) is 9.11. The molecule has 124 valence electrons. The van der Waals surface area contributed by atoms with Crippen LogP contribution in [-0.4, -0.2) is 30.5 Å². The van der Waals surface area contributed by atoms with Crippen LogP contribution in [0.1, 0.15) is 21.6 Å². The minimum Gasteiger partial charge on any atom is -0.295 e. The molecule has 0 aliphatic carbocycles. The number of benzene rings is 1. The number of carbonyl (C=O) groups excluding carboxylic acids is 1. The molecule has 0 radical (unpaired) electrons. The number of aromatic amines is 1. The van der Waals surface area contributed by atoms with Gasteiger partial charge in [0.05, 0.1) is 0 Å². The maximum absolute atomic E-state index is 12.9. The Balaban J connectivity index is 1.89. The van der Waals surface area contributed by atoms with Crippen molar-refractivity contribution in [3.8, 4) is 11.3 Å². The van der Waals surface area contributed by atoms with Gasteiger partial charge in [-0.2, -0.15) is 10.1 Å². The number of nitrogens with zero attached hydrogens (tertiary/aromatic N) is 4. The smallest absolute Gasteiger partial charge is 0.277 e. The summed E-state index contributed by atoms with van der Waals surface area (Å²) in [4.78, 5) is 21.5. The molecule has 0 saturated heterocycles. The van der Waals surface area contributed by atoms with Crippen LogP contribution in [0.3, 0.4) is 0 Å². The van der Waals surface area contributed by atoms with Crippen molar-refractivity contribution in [2.45, 2.75) is 13.8 Å². The summed E-state index contributed by atoms with van der Waals surface area (Å²) in [6, 6.07) is 11.8. The molecular weight excluding hydrogens is 316 g/mol. The fourth-order valence-corrected chi connectivity index (χ4v) is 2.71. The van der Waals surface area contributed by atoms with E-state index in [2.05, 4.69) is 25.5 Å². The number of amides is 1. The van der Waals surface area contributed by atoms with Crippen molar-refractivity contribution in [3.05, 3.63) is 65.7 Å². The largest absolute Gasteiger partial charge is 0.295 e. The van der Waals surface area contributed by atoms with E-state index in [4.69, 9.17) is 0 Å². The highest BCUT2D eigenvalue weighted by Gasteiger charge is 2.21. The van der Waals surface area contributed by atoms with Crippen LogP contribution in [0.25, 0.3) is 16.9 Å². The van der Waals surface area contributed by atoms with Gasteiger partial charge in [-0.3, -0.25) is 14.5 Å². The van der Waals surface area contributed by atoms with Crippen molar-refractivity contribution in [1.82, 2.24) is 24.6 Å². The second-order valence-electron chi connectivity index (χ2n) is 5.90. The summed E-state index contributed by atoms with van der Waals surface area (Å²) in [5.41, 5.74) is 4.87. The van der Waals surface area contributed by atoms with Crippen LogP contribution in [0.4, 0.5) is 5.95 Å². The average Bonchev–Trinajstić information content (AvgIpc) is 3.22. The second-order valence-corrected chi connectivity index (χ2v) is 5.90. The Hall–Kier alpha value is -3.48. The zero-order valence-electron chi connectivity index (χ0n) is 13.8. The number of pyridine rings is 1. The van der Waals surface area contributed by atoms with Gasteiger partial charge in [0.15, 0.2) is 0 Å². The minimum absolute atomic E-state index is 0.294. The van der Waals surface area contributed by atoms with Gasteiger partial charge in [-0.15, -0.1) is 0 Å². The zero-order valence-corrected chi connectivity index (χ0v) is 13.8. The fourth-order valence-electron chi connectivity index (χ4n) is 2.71. The molecule has 0 aliphatic heterocycles. The Morgan fingerprint density at radius 2 is 1.84 bits per heavy atom. The number of aryl methyl sites for hydroxylation is 2. The highest BCUT2D eigenvalue weighted by molar-refractivity contribution is 6.07. The van der Waals surface area contributed by atoms with Gasteiger partial charge in [0.1, 0.15) is 23.4 Å². The van der Waals surface area contributed by atoms with Gasteiger partial charge < -0.3 is 0 Å². The van der Waals surface area contributed by atoms with Crippen molar-refractivity contribution >= 4 is 17.5 Å². The first kappa shape index (κ1) is 15.1. The lowest BCUT2D eigenvalue weighted by Crippen LogP contribution is -2.16. The molecule has 1 aromatic carbocycles. The molecule has 0 atom stereocenters. The van der Waals surface area contributed by atoms with Crippen LogP contribution in [0.2, 0.25) is 0 Å². The first-order chi connectivity index (χ1) is 12.1. The van der Waals surface area contributed by atoms with Gasteiger partial charge in [0.2, 0.25) is 5.95 Å². The molecule has 0 spiro atoms. The first-order valence-corrected chi connectivity index (χ1v) is 7.84. The Morgan fingerprint density at radius 3 is 2.56 bits per heavy atom. The van der Waals surface area contributed by atoms with Gasteiger partial charge in [-0.1, -0.05) is 35.9 Å². The lowest BCUT2D eigenvalue weighted by atomic mass is 10.1. The number of H-pyrrole nitrogens is 1. The summed E-state index contributed by atoms with van der Waals surface area (Å²) in [5.74, 6) is -0.00659. The topological polar surface area (TPSA) is 88.0 Å². The second kappa shape index (κ2) is 5.86. The van der Waals surface area contributed by atoms with Gasteiger partial charge in [-0.25, -0.2) is 10.1 Å². The van der Waals surface area contributed by atoms with E-state index in [1.807, 2.05) is 56.4 Å². The van der Waals surface area contributed by atoms with Crippen molar-refractivity contribution in [3.63, 3.8) is 0 Å². The molecule has 25 heavy (non-hydrogen) atoms. The zero-order chi connectivity index (χ0) is 17.4. The molecule has 4 rings (SSSR count). The van der Waals surface area contributed by atoms with E-state index >= 15 is 0 Å². The molecule has 0 aliphatic rings. The number of nitrogens with one attached hydrogen (secondary N) is 2. The maximum atomic E-state index is 12.9. The predicted molar refractivity (Wildman–Crippen MR) is 94.4 cm³/mol. The maximum Gasteiger partial charge on any atom is 0.277 e. The third-order valence-corrected chi connectivity index (χ3v) is 3.95. The highest BCUT2D eigenvalue weighted by Crippen LogP contribution is 2.26. The Morgan fingerprint density at radius 1 is 1.08 bits per heavy atom. The summed E-state index contributed by atoms with van der Waals surface area (Å²) < 4.78 is 1.80. The lowest BCUT2D eigenvalue weighted by molar-refractivity contribution is 0.102. The molecule has 0 fully saturated rings. The third kappa shape index (κ3) is 2.76. The molecule has 7 heteroatoms. The average molecular weight is 332 g/mol. The molecular formula is C18H16N6O. The van der Waals surface area contributed by atoms with Crippen LogP contribution in [0.5, 0.6) is 0 Å². The predicted octanol–water partition coefficient (Wildman–Crippen LogP) is 2.99. The van der Waals surface area contributed by atoms with Gasteiger partial charge in [0.25, 0.3) is 5.91 Å². The fraction of sp³-hybridized carbons (Fsp3) is 0.111. The molecule has 7 nitrogen and oxygen atoms in total. The number of aromatic nitrogens is 5. The number of carbonyl (C=O) groups is 1. The Kier molecular flexibility index (Phi) is 3.53. The number of hydrogen-bond acceptors (Lipinski definition) is 4. The van der Waals surface area contributed by atoms with Crippen molar-refractivity contribution in [2.75, 3.05) is 5.32 Å². The molecule has 1 amide bonds. The summed E-state index contributed by atoms with van der Waals surface area (Å²) >= 11 is 0. The van der Waals surface area contributed by atoms with E-state index in [0.29, 0.717) is 23.0 Å². The standard InChI is InChI=1S/C18H16N6O/c1-11-3-6-13(7-4-11)15-16(17(25)22-18-19-10-20-23-18)24-9-12(2)5-8-14(24)21-15/h3-10H,1-2H3,(H2,19,20,22,23,25). The third-order valence-electron chi connectivity index (χ3n) is 3.95. The molecule has 3 heterocycles. The van der Waals surface area contributed by atoms with Gasteiger partial charge in [0, 0.05) is 11.8 Å². The SMILES string of the molecule is Cc1ccc(-c2nc3ccc(C)cn3c2C(=O)Nc2ncn[nH]2)cc1. The molecule has 2 N–H and O–H groups in total. The van der Waals surface area contributed by atoms with E-state index in [9.17, 15) is 4.79 Å². The van der Waals surface area contributed by atoms with Crippen molar-refractivity contribution in [2.24, 2.45) is 0 Å². The quantitative estimate of drug-likeness (QED) is 0.604. The van der Waals surface area contributed by atoms with Gasteiger partial charge >= 0.3 is 0 Å². The Labute approximate surface area is 143 Å². The van der Waals surface area contributed by atoms with E-state index in [-0.39, 0.29) is 5.91 Å². The van der Waals surface area contributed by atoms with Crippen LogP contribution in [0, 0.1) is 13.8 Å². The monoisotopic (exact) mass is 332 g/mol. The molecule has 0 saturated carbocycles. The minimum atomic E-state index is -0.301. The van der Waals surface area contributed by atoms with Crippen molar-refractivity contribution < 1.29 is 4.79 Å². The molecule has 3 aromatic heterocycles. The van der Waals surface area contributed by atoms with Crippen LogP contribution in [0.15, 0.2) is 48.9 Å². The van der Waals surface area contributed by atoms with Crippen LogP contribution in [-0.2, 0) is 0 Å². The number of anilines is 1. The van der Waals surface area contributed by atoms with Gasteiger partial charge in [-0.05, 0) is 25.5 Å². The number of imidazole rings is 1. The molecule has 0 unspecified atom stereocenters. The molecule has 0 bridgehead atoms. The van der Waals surface area contributed by atoms with Crippen molar-refractivity contribution in [1.29, 1.82) is 0 Å². The lowest BCUT2D eigenvalue weighted by Gasteiger charge is -2.06. The van der Waals surface area contributed by atoms with Crippen LogP contribution >= 0.6 is 0 Å². The summed E-state index contributed by atoms with van der Waals surface area (Å²) in [6.45, 7) is 4.00. The van der Waals surface area contributed by atoms with E-state index in [1.54, 1.807) is 4.40 Å². The number of fused-ring (bicyclic) bond motifs is 1. The number of hydrogen-bond donors (Lipinski definition) is 2. The van der Waals surface area contributed by atoms with E-state index in [1.165, 1.54) is 6.33 Å². The summed E-state index contributed by atoms with van der Waals surface area (Å²) in [6.07, 6.45) is 3.24. The van der Waals surface area contributed by atoms with Crippen LogP contribution < -0.4 is 5.32 Å². The van der Waals surface area contributed by atoms with E-state index in [0.717, 1.165) is 16.7 Å². The first-order valence-electron chi connectivity index (χ1n) is 7.84.